The number of rotatable bonds is 4. The summed E-state index contributed by atoms with van der Waals surface area (Å²) >= 11 is 6.11. The van der Waals surface area contributed by atoms with Gasteiger partial charge in [-0.05, 0) is 36.8 Å². The first-order valence-electron chi connectivity index (χ1n) is 6.30. The lowest BCUT2D eigenvalue weighted by atomic mass is 10.1. The summed E-state index contributed by atoms with van der Waals surface area (Å²) in [6.07, 6.45) is 0. The summed E-state index contributed by atoms with van der Waals surface area (Å²) in [7, 11) is 1.57. The molecule has 4 heteroatoms. The number of amides is 1. The van der Waals surface area contributed by atoms with Crippen LogP contribution in [0.2, 0.25) is 0 Å². The molecule has 0 aromatic heterocycles. The molecule has 0 aliphatic heterocycles. The van der Waals surface area contributed by atoms with E-state index in [-0.39, 0.29) is 11.3 Å². The summed E-state index contributed by atoms with van der Waals surface area (Å²) in [5, 5.41) is 2.71. The van der Waals surface area contributed by atoms with Crippen LogP contribution >= 0.6 is 11.6 Å². The van der Waals surface area contributed by atoms with Crippen LogP contribution in [-0.2, 0) is 0 Å². The van der Waals surface area contributed by atoms with E-state index >= 15 is 0 Å². The highest BCUT2D eigenvalue weighted by Gasteiger charge is 2.12. The third kappa shape index (κ3) is 3.31. The molecule has 104 valence electrons. The van der Waals surface area contributed by atoms with Gasteiger partial charge in [0.25, 0.3) is 5.91 Å². The van der Waals surface area contributed by atoms with Crippen LogP contribution in [0.1, 0.15) is 28.2 Å². The van der Waals surface area contributed by atoms with Crippen LogP contribution < -0.4 is 10.1 Å². The van der Waals surface area contributed by atoms with Crippen LogP contribution in [0.25, 0.3) is 0 Å². The van der Waals surface area contributed by atoms with Crippen molar-refractivity contribution in [1.82, 2.24) is 0 Å². The lowest BCUT2D eigenvalue weighted by molar-refractivity contribution is 0.102. The van der Waals surface area contributed by atoms with Crippen LogP contribution in [0.4, 0.5) is 5.69 Å². The van der Waals surface area contributed by atoms with Crippen LogP contribution in [-0.4, -0.2) is 13.0 Å². The summed E-state index contributed by atoms with van der Waals surface area (Å²) < 4.78 is 5.12. The number of carbonyl (C=O) groups is 1. The van der Waals surface area contributed by atoms with Crippen molar-refractivity contribution in [3.63, 3.8) is 0 Å². The molecular formula is C16H16ClNO2. The highest BCUT2D eigenvalue weighted by atomic mass is 35.5. The van der Waals surface area contributed by atoms with E-state index in [1.807, 2.05) is 31.2 Å². The molecule has 2 rings (SSSR count). The van der Waals surface area contributed by atoms with Crippen molar-refractivity contribution >= 4 is 23.2 Å². The second kappa shape index (κ2) is 6.44. The van der Waals surface area contributed by atoms with Crippen molar-refractivity contribution in [3.05, 3.63) is 59.7 Å². The number of para-hydroxylation sites is 1. The van der Waals surface area contributed by atoms with E-state index in [1.165, 1.54) is 0 Å². The van der Waals surface area contributed by atoms with Crippen LogP contribution in [0.5, 0.6) is 5.75 Å². The Labute approximate surface area is 123 Å². The van der Waals surface area contributed by atoms with Crippen LogP contribution in [0.15, 0.2) is 48.5 Å². The Kier molecular flexibility index (Phi) is 4.64. The van der Waals surface area contributed by atoms with E-state index in [2.05, 4.69) is 5.32 Å². The summed E-state index contributed by atoms with van der Waals surface area (Å²) in [4.78, 5) is 12.2. The average molecular weight is 290 g/mol. The first-order chi connectivity index (χ1) is 9.61. The van der Waals surface area contributed by atoms with E-state index in [9.17, 15) is 4.79 Å². The van der Waals surface area contributed by atoms with Gasteiger partial charge in [-0.15, -0.1) is 11.6 Å². The van der Waals surface area contributed by atoms with Gasteiger partial charge in [0.2, 0.25) is 0 Å². The molecular weight excluding hydrogens is 274 g/mol. The van der Waals surface area contributed by atoms with Crippen molar-refractivity contribution in [2.24, 2.45) is 0 Å². The van der Waals surface area contributed by atoms with Crippen molar-refractivity contribution in [2.45, 2.75) is 12.3 Å². The molecule has 1 atom stereocenters. The van der Waals surface area contributed by atoms with Crippen molar-refractivity contribution < 1.29 is 9.53 Å². The number of nitrogens with one attached hydrogen (secondary N) is 1. The molecule has 0 radical (unpaired) electrons. The number of hydrogen-bond acceptors (Lipinski definition) is 2. The number of ether oxygens (including phenoxy) is 1. The number of carbonyl (C=O) groups excluding carboxylic acids is 1. The quantitative estimate of drug-likeness (QED) is 0.855. The van der Waals surface area contributed by atoms with E-state index in [0.29, 0.717) is 11.3 Å². The van der Waals surface area contributed by atoms with Gasteiger partial charge in [0.1, 0.15) is 5.75 Å². The SMILES string of the molecule is COc1cccc(C(=O)Nc2ccccc2C(C)Cl)c1. The lowest BCUT2D eigenvalue weighted by Crippen LogP contribution is -2.13. The van der Waals surface area contributed by atoms with Gasteiger partial charge in [-0.1, -0.05) is 24.3 Å². The predicted molar refractivity (Wildman–Crippen MR) is 81.7 cm³/mol. The first-order valence-corrected chi connectivity index (χ1v) is 6.74. The molecule has 0 bridgehead atoms. The smallest absolute Gasteiger partial charge is 0.255 e. The van der Waals surface area contributed by atoms with Crippen LogP contribution in [0.3, 0.4) is 0 Å². The van der Waals surface area contributed by atoms with E-state index in [4.69, 9.17) is 16.3 Å². The number of benzene rings is 2. The minimum absolute atomic E-state index is 0.170. The Bertz CT molecular complexity index is 611. The number of alkyl halides is 1. The molecule has 0 heterocycles. The fraction of sp³-hybridized carbons (Fsp3) is 0.188. The van der Waals surface area contributed by atoms with Gasteiger partial charge in [0, 0.05) is 11.3 Å². The minimum atomic E-state index is -0.186. The molecule has 0 saturated heterocycles. The van der Waals surface area contributed by atoms with Gasteiger partial charge in [0.05, 0.1) is 12.5 Å². The molecule has 20 heavy (non-hydrogen) atoms. The Morgan fingerprint density at radius 2 is 1.95 bits per heavy atom. The summed E-state index contributed by atoms with van der Waals surface area (Å²) in [6.45, 7) is 1.87. The van der Waals surface area contributed by atoms with Gasteiger partial charge in [-0.3, -0.25) is 4.79 Å². The third-order valence-electron chi connectivity index (χ3n) is 2.97. The molecule has 1 N–H and O–H groups in total. The standard InChI is InChI=1S/C16H16ClNO2/c1-11(17)14-8-3-4-9-15(14)18-16(19)12-6-5-7-13(10-12)20-2/h3-11H,1-2H3,(H,18,19). The zero-order valence-electron chi connectivity index (χ0n) is 11.4. The molecule has 1 unspecified atom stereocenters. The highest BCUT2D eigenvalue weighted by molar-refractivity contribution is 6.21. The zero-order valence-corrected chi connectivity index (χ0v) is 12.1. The van der Waals surface area contributed by atoms with Gasteiger partial charge < -0.3 is 10.1 Å². The number of hydrogen-bond donors (Lipinski definition) is 1. The Balaban J connectivity index is 2.23. The molecule has 0 saturated carbocycles. The molecule has 3 nitrogen and oxygen atoms in total. The minimum Gasteiger partial charge on any atom is -0.497 e. The largest absolute Gasteiger partial charge is 0.497 e. The fourth-order valence-corrected chi connectivity index (χ4v) is 2.11. The summed E-state index contributed by atoms with van der Waals surface area (Å²) in [6, 6.07) is 14.5. The lowest BCUT2D eigenvalue weighted by Gasteiger charge is -2.12. The third-order valence-corrected chi connectivity index (χ3v) is 3.20. The molecule has 1 amide bonds. The molecule has 0 aliphatic carbocycles. The van der Waals surface area contributed by atoms with E-state index < -0.39 is 0 Å². The van der Waals surface area contributed by atoms with Gasteiger partial charge in [-0.2, -0.15) is 0 Å². The first kappa shape index (κ1) is 14.4. The van der Waals surface area contributed by atoms with E-state index in [1.54, 1.807) is 31.4 Å². The predicted octanol–water partition coefficient (Wildman–Crippen LogP) is 4.25. The normalized spacial score (nSPS) is 11.8. The Hall–Kier alpha value is -2.00. The van der Waals surface area contributed by atoms with Gasteiger partial charge in [0.15, 0.2) is 0 Å². The Morgan fingerprint density at radius 3 is 2.65 bits per heavy atom. The number of methoxy groups -OCH3 is 1. The Morgan fingerprint density at radius 1 is 1.20 bits per heavy atom. The second-order valence-electron chi connectivity index (χ2n) is 4.39. The fourth-order valence-electron chi connectivity index (χ4n) is 1.92. The van der Waals surface area contributed by atoms with E-state index in [0.717, 1.165) is 11.3 Å². The maximum Gasteiger partial charge on any atom is 0.255 e. The van der Waals surface area contributed by atoms with Crippen molar-refractivity contribution in [3.8, 4) is 5.75 Å². The van der Waals surface area contributed by atoms with Crippen LogP contribution in [0, 0.1) is 0 Å². The molecule has 0 aliphatic rings. The average Bonchev–Trinajstić information content (AvgIpc) is 2.47. The highest BCUT2D eigenvalue weighted by Crippen LogP contribution is 2.27. The molecule has 2 aromatic carbocycles. The molecule has 2 aromatic rings. The summed E-state index contributed by atoms with van der Waals surface area (Å²) in [5.41, 5.74) is 2.16. The van der Waals surface area contributed by atoms with Gasteiger partial charge in [-0.25, -0.2) is 0 Å². The maximum absolute atomic E-state index is 12.2. The monoisotopic (exact) mass is 289 g/mol. The molecule has 0 fully saturated rings. The number of anilines is 1. The maximum atomic E-state index is 12.2. The van der Waals surface area contributed by atoms with Crippen molar-refractivity contribution in [1.29, 1.82) is 0 Å². The number of halogens is 1. The topological polar surface area (TPSA) is 38.3 Å². The second-order valence-corrected chi connectivity index (χ2v) is 5.04. The van der Waals surface area contributed by atoms with Crippen molar-refractivity contribution in [2.75, 3.05) is 12.4 Å². The molecule has 0 spiro atoms. The summed E-state index contributed by atoms with van der Waals surface area (Å²) in [5.74, 6) is 0.463. The van der Waals surface area contributed by atoms with Gasteiger partial charge >= 0.3 is 0 Å². The zero-order chi connectivity index (χ0) is 14.5.